The summed E-state index contributed by atoms with van der Waals surface area (Å²) in [7, 11) is 0. The Morgan fingerprint density at radius 1 is 1.13 bits per heavy atom. The Labute approximate surface area is 86.5 Å². The molecule has 2 aromatic heterocycles. The number of hydrogen-bond acceptors (Lipinski definition) is 6. The Kier molecular flexibility index (Phi) is 5.00. The number of aromatic amines is 1. The molecule has 7 nitrogen and oxygen atoms in total. The summed E-state index contributed by atoms with van der Waals surface area (Å²) in [5, 5.41) is 6.80. The number of aryl methyl sites for hydroxylation is 3. The van der Waals surface area contributed by atoms with Gasteiger partial charge in [0.1, 0.15) is 5.82 Å². The van der Waals surface area contributed by atoms with Crippen LogP contribution in [-0.4, -0.2) is 20.3 Å². The zero-order valence-corrected chi connectivity index (χ0v) is 8.07. The van der Waals surface area contributed by atoms with Gasteiger partial charge in [-0.25, -0.2) is 4.79 Å². The van der Waals surface area contributed by atoms with E-state index in [4.69, 9.17) is 0 Å². The molecule has 2 rings (SSSR count). The first-order valence-corrected chi connectivity index (χ1v) is 3.87. The van der Waals surface area contributed by atoms with E-state index in [1.807, 2.05) is 0 Å². The number of H-pyrrole nitrogens is 1. The van der Waals surface area contributed by atoms with E-state index in [9.17, 15) is 4.79 Å². The summed E-state index contributed by atoms with van der Waals surface area (Å²) in [5.41, 5.74) is 0. The number of hydrogen-bond donors (Lipinski definition) is 1. The van der Waals surface area contributed by atoms with Crippen molar-refractivity contribution in [1.82, 2.24) is 20.3 Å². The summed E-state index contributed by atoms with van der Waals surface area (Å²) in [5.74, 6) is 1.32. The highest BCUT2D eigenvalue weighted by Gasteiger charge is 1.90. The smallest absolute Gasteiger partial charge is 0.340 e. The molecule has 0 fully saturated rings. The van der Waals surface area contributed by atoms with Crippen LogP contribution in [0.1, 0.15) is 25.0 Å². The fourth-order valence-corrected chi connectivity index (χ4v) is 0.704. The van der Waals surface area contributed by atoms with Crippen molar-refractivity contribution in [1.29, 1.82) is 0 Å². The fraction of sp³-hybridized carbons (Fsp3) is 0.500. The van der Waals surface area contributed by atoms with Crippen LogP contribution in [0, 0.1) is 20.8 Å². The van der Waals surface area contributed by atoms with E-state index < -0.39 is 5.76 Å². The minimum absolute atomic E-state index is 0. The monoisotopic (exact) mass is 214 g/mol. The predicted octanol–water partition coefficient (Wildman–Crippen LogP) is 0.994. The van der Waals surface area contributed by atoms with Crippen molar-refractivity contribution in [2.45, 2.75) is 28.2 Å². The summed E-state index contributed by atoms with van der Waals surface area (Å²) in [6.45, 7) is 5.20. The number of rotatable bonds is 0. The highest BCUT2D eigenvalue weighted by atomic mass is 16.5. The Balaban J connectivity index is 0.000000245. The van der Waals surface area contributed by atoms with Crippen LogP contribution >= 0.6 is 0 Å². The Bertz CT molecular complexity index is 426. The van der Waals surface area contributed by atoms with E-state index in [2.05, 4.69) is 29.3 Å². The van der Waals surface area contributed by atoms with Gasteiger partial charge in [0, 0.05) is 6.92 Å². The van der Waals surface area contributed by atoms with Crippen LogP contribution in [-0.2, 0) is 0 Å². The highest BCUT2D eigenvalue weighted by Crippen LogP contribution is 1.89. The Hall–Kier alpha value is -1.92. The second-order valence-corrected chi connectivity index (χ2v) is 2.54. The quantitative estimate of drug-likeness (QED) is 0.702. The minimum Gasteiger partial charge on any atom is -0.340 e. The van der Waals surface area contributed by atoms with Gasteiger partial charge in [0.25, 0.3) is 0 Å². The summed E-state index contributed by atoms with van der Waals surface area (Å²) >= 11 is 0. The average molecular weight is 214 g/mol. The van der Waals surface area contributed by atoms with E-state index in [0.717, 1.165) is 0 Å². The van der Waals surface area contributed by atoms with Crippen molar-refractivity contribution in [2.75, 3.05) is 0 Å². The van der Waals surface area contributed by atoms with E-state index in [1.165, 1.54) is 0 Å². The molecule has 0 aliphatic heterocycles. The molecular formula is C8H14N4O3. The molecule has 0 atom stereocenters. The van der Waals surface area contributed by atoms with Crippen molar-refractivity contribution in [3.05, 3.63) is 28.1 Å². The zero-order valence-electron chi connectivity index (χ0n) is 8.07. The minimum atomic E-state index is -0.502. The van der Waals surface area contributed by atoms with Gasteiger partial charge in [-0.1, -0.05) is 17.7 Å². The Morgan fingerprint density at radius 2 is 1.80 bits per heavy atom. The summed E-state index contributed by atoms with van der Waals surface area (Å²) in [4.78, 5) is 16.1. The molecule has 0 aromatic carbocycles. The van der Waals surface area contributed by atoms with Gasteiger partial charge in [-0.2, -0.15) is 4.98 Å². The summed E-state index contributed by atoms with van der Waals surface area (Å²) < 4.78 is 8.71. The molecule has 0 aliphatic carbocycles. The Morgan fingerprint density at radius 3 is 1.93 bits per heavy atom. The van der Waals surface area contributed by atoms with Gasteiger partial charge in [0.15, 0.2) is 5.82 Å². The van der Waals surface area contributed by atoms with E-state index in [1.54, 1.807) is 20.8 Å². The molecule has 0 spiro atoms. The number of nitrogens with zero attached hydrogens (tertiary/aromatic N) is 3. The first kappa shape index (κ1) is 13.1. The average Bonchev–Trinajstić information content (AvgIpc) is 2.63. The normalized spacial score (nSPS) is 8.73. The molecule has 2 heterocycles. The van der Waals surface area contributed by atoms with Crippen LogP contribution in [0.4, 0.5) is 0 Å². The van der Waals surface area contributed by atoms with Crippen LogP contribution in [0.5, 0.6) is 0 Å². The SMILES string of the molecule is C.Cc1noc(=O)[nH]1.Cc1noc(C)n1. The van der Waals surface area contributed by atoms with E-state index >= 15 is 0 Å². The third kappa shape index (κ3) is 4.75. The van der Waals surface area contributed by atoms with Gasteiger partial charge in [0.2, 0.25) is 5.89 Å². The van der Waals surface area contributed by atoms with Gasteiger partial charge < -0.3 is 4.52 Å². The van der Waals surface area contributed by atoms with Crippen LogP contribution in [0.3, 0.4) is 0 Å². The summed E-state index contributed by atoms with van der Waals surface area (Å²) in [6.07, 6.45) is 0. The van der Waals surface area contributed by atoms with Crippen molar-refractivity contribution in [2.24, 2.45) is 0 Å². The maximum atomic E-state index is 10.0. The van der Waals surface area contributed by atoms with Crippen LogP contribution in [0.25, 0.3) is 0 Å². The topological polar surface area (TPSA) is 97.8 Å². The molecule has 0 amide bonds. The van der Waals surface area contributed by atoms with Gasteiger partial charge in [0.05, 0.1) is 0 Å². The maximum absolute atomic E-state index is 10.0. The lowest BCUT2D eigenvalue weighted by atomic mass is 10.7. The van der Waals surface area contributed by atoms with Gasteiger partial charge in [-0.3, -0.25) is 9.51 Å². The van der Waals surface area contributed by atoms with Gasteiger partial charge in [-0.05, 0) is 13.8 Å². The number of aromatic nitrogens is 4. The molecule has 0 unspecified atom stereocenters. The molecular weight excluding hydrogens is 200 g/mol. The lowest BCUT2D eigenvalue weighted by Gasteiger charge is -1.64. The molecule has 0 aliphatic rings. The third-order valence-corrected chi connectivity index (χ3v) is 1.18. The van der Waals surface area contributed by atoms with Crippen molar-refractivity contribution < 1.29 is 9.05 Å². The fourth-order valence-electron chi connectivity index (χ4n) is 0.704. The van der Waals surface area contributed by atoms with Gasteiger partial charge in [-0.15, -0.1) is 0 Å². The van der Waals surface area contributed by atoms with E-state index in [0.29, 0.717) is 17.5 Å². The predicted molar refractivity (Wildman–Crippen MR) is 52.4 cm³/mol. The van der Waals surface area contributed by atoms with Crippen LogP contribution < -0.4 is 5.76 Å². The largest absolute Gasteiger partial charge is 0.438 e. The molecule has 0 radical (unpaired) electrons. The molecule has 15 heavy (non-hydrogen) atoms. The zero-order chi connectivity index (χ0) is 10.6. The molecule has 0 saturated carbocycles. The first-order chi connectivity index (χ1) is 6.58. The maximum Gasteiger partial charge on any atom is 0.438 e. The second kappa shape index (κ2) is 5.74. The second-order valence-electron chi connectivity index (χ2n) is 2.54. The lowest BCUT2D eigenvalue weighted by Crippen LogP contribution is -1.93. The standard InChI is InChI=1S/C4H6N2O.C3H4N2O2.CH4/c1-3-5-4(2)7-6-3;1-2-4-3(6)7-5-2;/h1-2H3;1H3,(H,4,5,6);1H4. The molecule has 2 aromatic rings. The molecule has 7 heteroatoms. The first-order valence-electron chi connectivity index (χ1n) is 3.87. The summed E-state index contributed by atoms with van der Waals surface area (Å²) in [6, 6.07) is 0. The van der Waals surface area contributed by atoms with Crippen molar-refractivity contribution >= 4 is 0 Å². The molecule has 0 bridgehead atoms. The van der Waals surface area contributed by atoms with Gasteiger partial charge >= 0.3 is 5.76 Å². The van der Waals surface area contributed by atoms with Crippen molar-refractivity contribution in [3.8, 4) is 0 Å². The molecule has 84 valence electrons. The van der Waals surface area contributed by atoms with Crippen LogP contribution in [0.2, 0.25) is 0 Å². The van der Waals surface area contributed by atoms with Crippen molar-refractivity contribution in [3.63, 3.8) is 0 Å². The van der Waals surface area contributed by atoms with E-state index in [-0.39, 0.29) is 7.43 Å². The number of nitrogens with one attached hydrogen (secondary N) is 1. The third-order valence-electron chi connectivity index (χ3n) is 1.18. The lowest BCUT2D eigenvalue weighted by molar-refractivity contribution is 0.383. The highest BCUT2D eigenvalue weighted by molar-refractivity contribution is 4.77. The molecule has 1 N–H and O–H groups in total. The van der Waals surface area contributed by atoms with Crippen LogP contribution in [0.15, 0.2) is 13.8 Å². The molecule has 0 saturated heterocycles.